The zero-order chi connectivity index (χ0) is 5.98. The lowest BCUT2D eigenvalue weighted by Crippen LogP contribution is -2.11. The lowest BCUT2D eigenvalue weighted by molar-refractivity contribution is 0.183. The Labute approximate surface area is 50.0 Å². The van der Waals surface area contributed by atoms with Gasteiger partial charge >= 0.3 is 0 Å². The molecular formula is C7H12O. The molecule has 0 aromatic carbocycles. The molecule has 1 nitrogen and oxygen atoms in total. The predicted molar refractivity (Wildman–Crippen MR) is 33.5 cm³/mol. The maximum absolute atomic E-state index is 8.99. The predicted octanol–water partition coefficient (Wildman–Crippen LogP) is 1.33. The second kappa shape index (κ2) is 2.31. The largest absolute Gasteiger partial charge is 0.389 e. The minimum Gasteiger partial charge on any atom is -0.389 e. The first kappa shape index (κ1) is 5.83. The van der Waals surface area contributed by atoms with E-state index in [-0.39, 0.29) is 6.10 Å². The van der Waals surface area contributed by atoms with Gasteiger partial charge in [0, 0.05) is 0 Å². The number of aliphatic hydroxyl groups is 1. The fourth-order valence-electron chi connectivity index (χ4n) is 1.06. The second-order valence-corrected chi connectivity index (χ2v) is 2.57. The fourth-order valence-corrected chi connectivity index (χ4v) is 1.06. The smallest absolute Gasteiger partial charge is 0.0723 e. The Kier molecular flexibility index (Phi) is 1.69. The fraction of sp³-hybridized carbons (Fsp3) is 0.714. The third kappa shape index (κ3) is 1.34. The molecule has 0 aliphatic heterocycles. The van der Waals surface area contributed by atoms with E-state index in [2.05, 4.69) is 13.0 Å². The molecule has 1 aliphatic carbocycles. The molecule has 0 saturated carbocycles. The number of allylic oxidation sites excluding steroid dienone is 1. The van der Waals surface area contributed by atoms with Crippen LogP contribution in [0, 0.1) is 5.92 Å². The number of hydrogen-bond donors (Lipinski definition) is 1. The molecule has 0 unspecified atom stereocenters. The first-order chi connectivity index (χ1) is 3.79. The van der Waals surface area contributed by atoms with Crippen molar-refractivity contribution in [3.05, 3.63) is 12.2 Å². The van der Waals surface area contributed by atoms with Gasteiger partial charge in [0.25, 0.3) is 0 Å². The van der Waals surface area contributed by atoms with Gasteiger partial charge < -0.3 is 5.11 Å². The second-order valence-electron chi connectivity index (χ2n) is 2.57. The molecule has 0 fully saturated rings. The highest BCUT2D eigenvalue weighted by molar-refractivity contribution is 4.95. The molecule has 0 heterocycles. The summed E-state index contributed by atoms with van der Waals surface area (Å²) in [5.74, 6) is 0.676. The molecule has 8 heavy (non-hydrogen) atoms. The molecule has 0 radical (unpaired) electrons. The summed E-state index contributed by atoms with van der Waals surface area (Å²) in [5.41, 5.74) is 0. The van der Waals surface area contributed by atoms with Gasteiger partial charge in [-0.15, -0.1) is 0 Å². The van der Waals surface area contributed by atoms with Crippen molar-refractivity contribution >= 4 is 0 Å². The highest BCUT2D eigenvalue weighted by Gasteiger charge is 2.09. The van der Waals surface area contributed by atoms with Crippen LogP contribution >= 0.6 is 0 Å². The molecule has 0 saturated heterocycles. The van der Waals surface area contributed by atoms with Gasteiger partial charge in [-0.1, -0.05) is 19.1 Å². The van der Waals surface area contributed by atoms with E-state index in [1.165, 1.54) is 0 Å². The van der Waals surface area contributed by atoms with Gasteiger partial charge in [0.15, 0.2) is 0 Å². The first-order valence-electron chi connectivity index (χ1n) is 3.14. The summed E-state index contributed by atoms with van der Waals surface area (Å²) in [7, 11) is 0. The zero-order valence-corrected chi connectivity index (χ0v) is 5.17. The number of aliphatic hydroxyl groups excluding tert-OH is 1. The maximum Gasteiger partial charge on any atom is 0.0723 e. The zero-order valence-electron chi connectivity index (χ0n) is 5.17. The van der Waals surface area contributed by atoms with E-state index >= 15 is 0 Å². The standard InChI is InChI=1S/C7H12O/c1-6-3-2-4-7(8)5-6/h2,4,6-8H,3,5H2,1H3/t6-,7-/m0/s1. The van der Waals surface area contributed by atoms with E-state index in [4.69, 9.17) is 5.11 Å². The molecule has 1 rings (SSSR count). The van der Waals surface area contributed by atoms with Crippen LogP contribution in [-0.2, 0) is 0 Å². The molecule has 1 heteroatoms. The van der Waals surface area contributed by atoms with Crippen LogP contribution in [-0.4, -0.2) is 11.2 Å². The Morgan fingerprint density at radius 3 is 2.75 bits per heavy atom. The summed E-state index contributed by atoms with van der Waals surface area (Å²) >= 11 is 0. The van der Waals surface area contributed by atoms with Gasteiger partial charge in [-0.05, 0) is 18.8 Å². The van der Waals surface area contributed by atoms with E-state index in [9.17, 15) is 0 Å². The van der Waals surface area contributed by atoms with Crippen LogP contribution < -0.4 is 0 Å². The van der Waals surface area contributed by atoms with Crippen LogP contribution in [0.15, 0.2) is 12.2 Å². The molecule has 0 bridgehead atoms. The van der Waals surface area contributed by atoms with Gasteiger partial charge in [0.05, 0.1) is 6.10 Å². The van der Waals surface area contributed by atoms with Crippen LogP contribution in [0.1, 0.15) is 19.8 Å². The highest BCUT2D eigenvalue weighted by Crippen LogP contribution is 2.16. The molecule has 1 aliphatic rings. The average Bonchev–Trinajstić information content (AvgIpc) is 1.64. The lowest BCUT2D eigenvalue weighted by atomic mass is 9.95. The molecule has 1 N–H and O–H groups in total. The third-order valence-corrected chi connectivity index (χ3v) is 1.54. The van der Waals surface area contributed by atoms with Crippen molar-refractivity contribution in [3.8, 4) is 0 Å². The third-order valence-electron chi connectivity index (χ3n) is 1.54. The normalized spacial score (nSPS) is 37.8. The minimum absolute atomic E-state index is 0.168. The van der Waals surface area contributed by atoms with Gasteiger partial charge in [0.1, 0.15) is 0 Å². The van der Waals surface area contributed by atoms with Crippen molar-refractivity contribution in [2.75, 3.05) is 0 Å². The van der Waals surface area contributed by atoms with Gasteiger partial charge in [-0.3, -0.25) is 0 Å². The van der Waals surface area contributed by atoms with Crippen molar-refractivity contribution in [1.29, 1.82) is 0 Å². The quantitative estimate of drug-likeness (QED) is 0.469. The Morgan fingerprint density at radius 1 is 1.62 bits per heavy atom. The maximum atomic E-state index is 8.99. The first-order valence-corrected chi connectivity index (χ1v) is 3.14. The summed E-state index contributed by atoms with van der Waals surface area (Å²) < 4.78 is 0. The molecule has 0 amide bonds. The average molecular weight is 112 g/mol. The minimum atomic E-state index is -0.168. The Morgan fingerprint density at radius 2 is 2.38 bits per heavy atom. The van der Waals surface area contributed by atoms with Crippen LogP contribution in [0.5, 0.6) is 0 Å². The number of hydrogen-bond acceptors (Lipinski definition) is 1. The van der Waals surface area contributed by atoms with E-state index in [1.807, 2.05) is 6.08 Å². The van der Waals surface area contributed by atoms with E-state index < -0.39 is 0 Å². The molecule has 0 aromatic heterocycles. The Balaban J connectivity index is 2.42. The van der Waals surface area contributed by atoms with Gasteiger partial charge in [0.2, 0.25) is 0 Å². The molecule has 46 valence electrons. The highest BCUT2D eigenvalue weighted by atomic mass is 16.3. The SMILES string of the molecule is C[C@H]1CC=C[C@H](O)C1. The summed E-state index contributed by atoms with van der Waals surface area (Å²) in [5, 5.41) is 8.99. The van der Waals surface area contributed by atoms with Crippen molar-refractivity contribution in [3.63, 3.8) is 0 Å². The van der Waals surface area contributed by atoms with Crippen molar-refractivity contribution in [2.45, 2.75) is 25.9 Å². The van der Waals surface area contributed by atoms with Crippen LogP contribution in [0.2, 0.25) is 0 Å². The number of rotatable bonds is 0. The lowest BCUT2D eigenvalue weighted by Gasteiger charge is -2.16. The van der Waals surface area contributed by atoms with Crippen LogP contribution in [0.25, 0.3) is 0 Å². The van der Waals surface area contributed by atoms with Crippen molar-refractivity contribution in [2.24, 2.45) is 5.92 Å². The summed E-state index contributed by atoms with van der Waals surface area (Å²) in [4.78, 5) is 0. The molecule has 0 aromatic rings. The van der Waals surface area contributed by atoms with Crippen molar-refractivity contribution < 1.29 is 5.11 Å². The van der Waals surface area contributed by atoms with E-state index in [1.54, 1.807) is 0 Å². The summed E-state index contributed by atoms with van der Waals surface area (Å²) in [6, 6.07) is 0. The van der Waals surface area contributed by atoms with Gasteiger partial charge in [-0.2, -0.15) is 0 Å². The summed E-state index contributed by atoms with van der Waals surface area (Å²) in [6.07, 6.45) is 5.84. The topological polar surface area (TPSA) is 20.2 Å². The van der Waals surface area contributed by atoms with Crippen LogP contribution in [0.3, 0.4) is 0 Å². The van der Waals surface area contributed by atoms with Crippen LogP contribution in [0.4, 0.5) is 0 Å². The summed E-state index contributed by atoms with van der Waals surface area (Å²) in [6.45, 7) is 2.16. The Hall–Kier alpha value is -0.300. The van der Waals surface area contributed by atoms with Gasteiger partial charge in [-0.25, -0.2) is 0 Å². The molecule has 2 atom stereocenters. The van der Waals surface area contributed by atoms with Crippen molar-refractivity contribution in [1.82, 2.24) is 0 Å². The monoisotopic (exact) mass is 112 g/mol. The Bertz CT molecular complexity index is 96.6. The molecular weight excluding hydrogens is 100 g/mol. The van der Waals surface area contributed by atoms with E-state index in [0.29, 0.717) is 5.92 Å². The molecule has 0 spiro atoms. The van der Waals surface area contributed by atoms with E-state index in [0.717, 1.165) is 12.8 Å².